The standard InChI is InChI=1S/C10H22N2/c1-10(2,3)9-7-12(8-9)6-4-5-11/h9H,4-8,11H2,1-3H3. The summed E-state index contributed by atoms with van der Waals surface area (Å²) in [5, 5.41) is 0. The summed E-state index contributed by atoms with van der Waals surface area (Å²) in [4.78, 5) is 2.50. The highest BCUT2D eigenvalue weighted by Crippen LogP contribution is 2.33. The van der Waals surface area contributed by atoms with Crippen molar-refractivity contribution in [2.24, 2.45) is 17.1 Å². The van der Waals surface area contributed by atoms with E-state index in [0.717, 1.165) is 18.9 Å². The van der Waals surface area contributed by atoms with Crippen LogP contribution in [0.25, 0.3) is 0 Å². The Labute approximate surface area is 76.1 Å². The van der Waals surface area contributed by atoms with Crippen LogP contribution in [-0.2, 0) is 0 Å². The summed E-state index contributed by atoms with van der Waals surface area (Å²) in [7, 11) is 0. The van der Waals surface area contributed by atoms with E-state index in [2.05, 4.69) is 25.7 Å². The molecule has 0 unspecified atom stereocenters. The van der Waals surface area contributed by atoms with E-state index in [4.69, 9.17) is 5.73 Å². The van der Waals surface area contributed by atoms with Gasteiger partial charge in [-0.05, 0) is 30.8 Å². The quantitative estimate of drug-likeness (QED) is 0.692. The number of nitrogens with zero attached hydrogens (tertiary/aromatic N) is 1. The molecule has 72 valence electrons. The first kappa shape index (κ1) is 10.0. The van der Waals surface area contributed by atoms with E-state index in [9.17, 15) is 0 Å². The van der Waals surface area contributed by atoms with Crippen LogP contribution in [0, 0.1) is 11.3 Å². The van der Waals surface area contributed by atoms with Crippen LogP contribution in [0.2, 0.25) is 0 Å². The van der Waals surface area contributed by atoms with Gasteiger partial charge in [0, 0.05) is 13.1 Å². The predicted molar refractivity (Wildman–Crippen MR) is 53.1 cm³/mol. The van der Waals surface area contributed by atoms with Gasteiger partial charge in [-0.1, -0.05) is 20.8 Å². The lowest BCUT2D eigenvalue weighted by Crippen LogP contribution is -2.52. The Morgan fingerprint density at radius 3 is 2.33 bits per heavy atom. The number of hydrogen-bond donors (Lipinski definition) is 1. The molecular formula is C10H22N2. The van der Waals surface area contributed by atoms with Crippen molar-refractivity contribution in [1.82, 2.24) is 4.90 Å². The third-order valence-electron chi connectivity index (χ3n) is 2.86. The second-order valence-electron chi connectivity index (χ2n) is 4.96. The van der Waals surface area contributed by atoms with Crippen molar-refractivity contribution in [3.8, 4) is 0 Å². The molecule has 0 aromatic heterocycles. The van der Waals surface area contributed by atoms with Gasteiger partial charge in [-0.25, -0.2) is 0 Å². The Kier molecular flexibility index (Phi) is 3.13. The van der Waals surface area contributed by atoms with Crippen LogP contribution < -0.4 is 5.73 Å². The molecule has 0 bridgehead atoms. The molecule has 1 aliphatic rings. The fraction of sp³-hybridized carbons (Fsp3) is 1.00. The van der Waals surface area contributed by atoms with Crippen molar-refractivity contribution in [1.29, 1.82) is 0 Å². The zero-order valence-electron chi connectivity index (χ0n) is 8.64. The molecule has 0 aromatic carbocycles. The Balaban J connectivity index is 2.12. The average molecular weight is 170 g/mol. The molecule has 1 rings (SSSR count). The fourth-order valence-corrected chi connectivity index (χ4v) is 1.62. The van der Waals surface area contributed by atoms with Gasteiger partial charge in [-0.15, -0.1) is 0 Å². The lowest BCUT2D eigenvalue weighted by molar-refractivity contribution is 0.0248. The molecule has 0 aromatic rings. The zero-order chi connectivity index (χ0) is 9.19. The van der Waals surface area contributed by atoms with Crippen molar-refractivity contribution >= 4 is 0 Å². The number of nitrogens with two attached hydrogens (primary N) is 1. The van der Waals surface area contributed by atoms with E-state index < -0.39 is 0 Å². The summed E-state index contributed by atoms with van der Waals surface area (Å²) in [6.45, 7) is 11.6. The van der Waals surface area contributed by atoms with Crippen LogP contribution in [0.4, 0.5) is 0 Å². The molecule has 1 saturated heterocycles. The zero-order valence-corrected chi connectivity index (χ0v) is 8.64. The van der Waals surface area contributed by atoms with Gasteiger partial charge in [0.15, 0.2) is 0 Å². The minimum Gasteiger partial charge on any atom is -0.330 e. The Bertz CT molecular complexity index is 131. The van der Waals surface area contributed by atoms with Crippen LogP contribution in [0.5, 0.6) is 0 Å². The van der Waals surface area contributed by atoms with Gasteiger partial charge < -0.3 is 10.6 Å². The summed E-state index contributed by atoms with van der Waals surface area (Å²) in [5.41, 5.74) is 5.95. The molecule has 0 amide bonds. The minimum absolute atomic E-state index is 0.499. The number of likely N-dealkylation sites (tertiary alicyclic amines) is 1. The van der Waals surface area contributed by atoms with Crippen LogP contribution in [-0.4, -0.2) is 31.1 Å². The summed E-state index contributed by atoms with van der Waals surface area (Å²) in [5.74, 6) is 0.898. The van der Waals surface area contributed by atoms with Crippen LogP contribution in [0.15, 0.2) is 0 Å². The highest BCUT2D eigenvalue weighted by Gasteiger charge is 2.34. The topological polar surface area (TPSA) is 29.3 Å². The third-order valence-corrected chi connectivity index (χ3v) is 2.86. The monoisotopic (exact) mass is 170 g/mol. The van der Waals surface area contributed by atoms with Crippen molar-refractivity contribution in [3.05, 3.63) is 0 Å². The maximum Gasteiger partial charge on any atom is 0.00270 e. The van der Waals surface area contributed by atoms with Crippen LogP contribution in [0.3, 0.4) is 0 Å². The van der Waals surface area contributed by atoms with Crippen molar-refractivity contribution in [2.45, 2.75) is 27.2 Å². The van der Waals surface area contributed by atoms with E-state index >= 15 is 0 Å². The summed E-state index contributed by atoms with van der Waals surface area (Å²) in [6.07, 6.45) is 1.15. The molecule has 1 heterocycles. The van der Waals surface area contributed by atoms with Gasteiger partial charge in [0.05, 0.1) is 0 Å². The first-order valence-corrected chi connectivity index (χ1v) is 4.96. The van der Waals surface area contributed by atoms with Gasteiger partial charge in [-0.3, -0.25) is 0 Å². The molecule has 1 aliphatic heterocycles. The maximum absolute atomic E-state index is 5.45. The molecule has 1 fully saturated rings. The van der Waals surface area contributed by atoms with E-state index in [0.29, 0.717) is 5.41 Å². The number of rotatable bonds is 3. The molecule has 0 saturated carbocycles. The highest BCUT2D eigenvalue weighted by molar-refractivity contribution is 4.87. The maximum atomic E-state index is 5.45. The van der Waals surface area contributed by atoms with Crippen molar-refractivity contribution < 1.29 is 0 Å². The van der Waals surface area contributed by atoms with Crippen LogP contribution in [0.1, 0.15) is 27.2 Å². The average Bonchev–Trinajstić information content (AvgIpc) is 1.81. The lowest BCUT2D eigenvalue weighted by atomic mass is 9.76. The number of hydrogen-bond acceptors (Lipinski definition) is 2. The summed E-state index contributed by atoms with van der Waals surface area (Å²) >= 11 is 0. The normalized spacial score (nSPS) is 21.0. The van der Waals surface area contributed by atoms with Crippen molar-refractivity contribution in [3.63, 3.8) is 0 Å². The molecule has 2 heteroatoms. The van der Waals surface area contributed by atoms with Gasteiger partial charge in [0.1, 0.15) is 0 Å². The molecule has 2 N–H and O–H groups in total. The second-order valence-corrected chi connectivity index (χ2v) is 4.96. The minimum atomic E-state index is 0.499. The first-order valence-electron chi connectivity index (χ1n) is 4.96. The highest BCUT2D eigenvalue weighted by atomic mass is 15.2. The third kappa shape index (κ3) is 2.46. The molecule has 2 nitrogen and oxygen atoms in total. The first-order chi connectivity index (χ1) is 5.54. The molecular weight excluding hydrogens is 148 g/mol. The molecule has 12 heavy (non-hydrogen) atoms. The lowest BCUT2D eigenvalue weighted by Gasteiger charge is -2.46. The SMILES string of the molecule is CC(C)(C)C1CN(CCCN)C1. The van der Waals surface area contributed by atoms with Gasteiger partial charge in [-0.2, -0.15) is 0 Å². The Hall–Kier alpha value is -0.0800. The van der Waals surface area contributed by atoms with E-state index in [1.807, 2.05) is 0 Å². The molecule has 0 spiro atoms. The van der Waals surface area contributed by atoms with Gasteiger partial charge in [0.25, 0.3) is 0 Å². The summed E-state index contributed by atoms with van der Waals surface area (Å²) < 4.78 is 0. The van der Waals surface area contributed by atoms with Gasteiger partial charge in [0.2, 0.25) is 0 Å². The molecule has 0 radical (unpaired) electrons. The van der Waals surface area contributed by atoms with E-state index in [1.54, 1.807) is 0 Å². The van der Waals surface area contributed by atoms with Gasteiger partial charge >= 0.3 is 0 Å². The largest absolute Gasteiger partial charge is 0.330 e. The fourth-order valence-electron chi connectivity index (χ4n) is 1.62. The van der Waals surface area contributed by atoms with Crippen molar-refractivity contribution in [2.75, 3.05) is 26.2 Å². The molecule has 0 aliphatic carbocycles. The van der Waals surface area contributed by atoms with Crippen LogP contribution >= 0.6 is 0 Å². The van der Waals surface area contributed by atoms with E-state index in [1.165, 1.54) is 19.6 Å². The smallest absolute Gasteiger partial charge is 0.00270 e. The Morgan fingerprint density at radius 2 is 1.92 bits per heavy atom. The predicted octanol–water partition coefficient (Wildman–Crippen LogP) is 1.31. The Morgan fingerprint density at radius 1 is 1.33 bits per heavy atom. The second kappa shape index (κ2) is 3.75. The van der Waals surface area contributed by atoms with E-state index in [-0.39, 0.29) is 0 Å². The molecule has 0 atom stereocenters. The summed E-state index contributed by atoms with van der Waals surface area (Å²) in [6, 6.07) is 0.